The van der Waals surface area contributed by atoms with Crippen LogP contribution in [0.3, 0.4) is 0 Å². The average Bonchev–Trinajstić information content (AvgIpc) is 2.54. The van der Waals surface area contributed by atoms with Gasteiger partial charge >= 0.3 is 0 Å². The summed E-state index contributed by atoms with van der Waals surface area (Å²) < 4.78 is 41.5. The zero-order valence-corrected chi connectivity index (χ0v) is 11.1. The van der Waals surface area contributed by atoms with E-state index in [0.717, 1.165) is 6.07 Å². The van der Waals surface area contributed by atoms with Gasteiger partial charge in [-0.05, 0) is 24.6 Å². The fourth-order valence-electron chi connectivity index (χ4n) is 1.95. The standard InChI is InChI=1S/C12H15FO5S/c1-7(14)8-2-3-11(9(13)4-8)18-12-6-19(16,17)5-10(12)15/h2-4,7,10,12,14-15H,5-6H2,1H3. The van der Waals surface area contributed by atoms with Gasteiger partial charge in [-0.25, -0.2) is 12.8 Å². The third kappa shape index (κ3) is 3.23. The molecular formula is C12H15FO5S. The summed E-state index contributed by atoms with van der Waals surface area (Å²) >= 11 is 0. The summed E-state index contributed by atoms with van der Waals surface area (Å²) in [7, 11) is -3.34. The molecule has 0 radical (unpaired) electrons. The van der Waals surface area contributed by atoms with E-state index < -0.39 is 34.0 Å². The SMILES string of the molecule is CC(O)c1ccc(OC2CS(=O)(=O)CC2O)c(F)c1. The molecule has 2 rings (SSSR count). The van der Waals surface area contributed by atoms with Gasteiger partial charge in [0.1, 0.15) is 12.2 Å². The normalized spacial score (nSPS) is 27.2. The molecule has 3 atom stereocenters. The molecule has 106 valence electrons. The maximum absolute atomic E-state index is 13.7. The Balaban J connectivity index is 2.16. The van der Waals surface area contributed by atoms with Crippen LogP contribution in [-0.2, 0) is 9.84 Å². The zero-order chi connectivity index (χ0) is 14.2. The first-order valence-electron chi connectivity index (χ1n) is 5.81. The fourth-order valence-corrected chi connectivity index (χ4v) is 3.61. The quantitative estimate of drug-likeness (QED) is 0.842. The molecule has 1 aromatic rings. The van der Waals surface area contributed by atoms with E-state index in [9.17, 15) is 23.0 Å². The number of sulfone groups is 1. The summed E-state index contributed by atoms with van der Waals surface area (Å²) in [6, 6.07) is 3.92. The van der Waals surface area contributed by atoms with E-state index in [-0.39, 0.29) is 17.3 Å². The van der Waals surface area contributed by atoms with E-state index in [1.165, 1.54) is 19.1 Å². The lowest BCUT2D eigenvalue weighted by Gasteiger charge is -2.16. The van der Waals surface area contributed by atoms with Crippen LogP contribution in [0.2, 0.25) is 0 Å². The number of hydrogen-bond acceptors (Lipinski definition) is 5. The van der Waals surface area contributed by atoms with Gasteiger partial charge in [-0.2, -0.15) is 0 Å². The van der Waals surface area contributed by atoms with E-state index in [1.807, 2.05) is 0 Å². The molecule has 1 heterocycles. The molecule has 2 N–H and O–H groups in total. The van der Waals surface area contributed by atoms with Crippen molar-refractivity contribution < 1.29 is 27.8 Å². The highest BCUT2D eigenvalue weighted by atomic mass is 32.2. The summed E-state index contributed by atoms with van der Waals surface area (Å²) in [5, 5.41) is 18.9. The van der Waals surface area contributed by atoms with Gasteiger partial charge in [0.2, 0.25) is 0 Å². The van der Waals surface area contributed by atoms with Crippen molar-refractivity contribution in [2.75, 3.05) is 11.5 Å². The second-order valence-electron chi connectivity index (χ2n) is 4.67. The van der Waals surface area contributed by atoms with Crippen LogP contribution in [-0.4, -0.2) is 42.3 Å². The van der Waals surface area contributed by atoms with Crippen molar-refractivity contribution in [2.45, 2.75) is 25.2 Å². The first kappa shape index (κ1) is 14.2. The van der Waals surface area contributed by atoms with Crippen LogP contribution in [0.4, 0.5) is 4.39 Å². The summed E-state index contributed by atoms with van der Waals surface area (Å²) in [6.45, 7) is 1.50. The molecule has 0 aromatic heterocycles. The van der Waals surface area contributed by atoms with Gasteiger partial charge in [-0.3, -0.25) is 0 Å². The maximum atomic E-state index is 13.7. The molecule has 1 fully saturated rings. The highest BCUT2D eigenvalue weighted by Crippen LogP contribution is 2.25. The lowest BCUT2D eigenvalue weighted by atomic mass is 10.1. The Morgan fingerprint density at radius 2 is 2.11 bits per heavy atom. The molecular weight excluding hydrogens is 275 g/mol. The first-order valence-corrected chi connectivity index (χ1v) is 7.63. The predicted octanol–water partition coefficient (Wildman–Crippen LogP) is 0.416. The van der Waals surface area contributed by atoms with Crippen molar-refractivity contribution >= 4 is 9.84 Å². The van der Waals surface area contributed by atoms with Gasteiger partial charge < -0.3 is 14.9 Å². The summed E-state index contributed by atoms with van der Waals surface area (Å²) in [5.74, 6) is -1.53. The molecule has 0 aliphatic carbocycles. The van der Waals surface area contributed by atoms with Crippen LogP contribution < -0.4 is 4.74 Å². The summed E-state index contributed by atoms with van der Waals surface area (Å²) in [5.41, 5.74) is 0.393. The second kappa shape index (κ2) is 5.07. The molecule has 5 nitrogen and oxygen atoms in total. The van der Waals surface area contributed by atoms with Crippen molar-refractivity contribution in [1.82, 2.24) is 0 Å². The Hall–Kier alpha value is -1.18. The van der Waals surface area contributed by atoms with Gasteiger partial charge in [-0.15, -0.1) is 0 Å². The smallest absolute Gasteiger partial charge is 0.165 e. The highest BCUT2D eigenvalue weighted by Gasteiger charge is 2.38. The molecule has 0 bridgehead atoms. The van der Waals surface area contributed by atoms with Crippen LogP contribution in [0, 0.1) is 5.82 Å². The van der Waals surface area contributed by atoms with Gasteiger partial charge in [-0.1, -0.05) is 6.07 Å². The number of halogens is 1. The molecule has 1 saturated heterocycles. The van der Waals surface area contributed by atoms with Crippen molar-refractivity contribution in [3.05, 3.63) is 29.6 Å². The van der Waals surface area contributed by atoms with Crippen molar-refractivity contribution in [3.8, 4) is 5.75 Å². The van der Waals surface area contributed by atoms with Crippen molar-refractivity contribution in [3.63, 3.8) is 0 Å². The van der Waals surface area contributed by atoms with E-state index in [2.05, 4.69) is 0 Å². The minimum absolute atomic E-state index is 0.134. The number of benzene rings is 1. The summed E-state index contributed by atoms with van der Waals surface area (Å²) in [6.07, 6.45) is -2.92. The molecule has 1 aromatic carbocycles. The minimum atomic E-state index is -3.34. The predicted molar refractivity (Wildman–Crippen MR) is 66.1 cm³/mol. The van der Waals surface area contributed by atoms with E-state index in [1.54, 1.807) is 0 Å². The molecule has 0 spiro atoms. The van der Waals surface area contributed by atoms with Crippen LogP contribution in [0.15, 0.2) is 18.2 Å². The lowest BCUT2D eigenvalue weighted by molar-refractivity contribution is 0.0710. The van der Waals surface area contributed by atoms with Gasteiger partial charge in [0.15, 0.2) is 21.4 Å². The van der Waals surface area contributed by atoms with E-state index >= 15 is 0 Å². The number of rotatable bonds is 3. The maximum Gasteiger partial charge on any atom is 0.165 e. The number of ether oxygens (including phenoxy) is 1. The lowest BCUT2D eigenvalue weighted by Crippen LogP contribution is -2.30. The van der Waals surface area contributed by atoms with Crippen LogP contribution in [0.5, 0.6) is 5.75 Å². The molecule has 0 saturated carbocycles. The van der Waals surface area contributed by atoms with E-state index in [4.69, 9.17) is 4.74 Å². The molecule has 1 aliphatic heterocycles. The number of hydrogen-bond donors (Lipinski definition) is 2. The monoisotopic (exact) mass is 290 g/mol. The van der Waals surface area contributed by atoms with Crippen LogP contribution in [0.25, 0.3) is 0 Å². The Bertz CT molecular complexity index is 569. The largest absolute Gasteiger partial charge is 0.484 e. The van der Waals surface area contributed by atoms with Crippen LogP contribution in [0.1, 0.15) is 18.6 Å². The third-order valence-corrected chi connectivity index (χ3v) is 4.67. The van der Waals surface area contributed by atoms with Gasteiger partial charge in [0.05, 0.1) is 17.6 Å². The minimum Gasteiger partial charge on any atom is -0.484 e. The summed E-state index contributed by atoms with van der Waals surface area (Å²) in [4.78, 5) is 0. The highest BCUT2D eigenvalue weighted by molar-refractivity contribution is 7.91. The molecule has 7 heteroatoms. The third-order valence-electron chi connectivity index (χ3n) is 2.99. The van der Waals surface area contributed by atoms with Gasteiger partial charge in [0, 0.05) is 0 Å². The van der Waals surface area contributed by atoms with Crippen molar-refractivity contribution in [1.29, 1.82) is 0 Å². The fraction of sp³-hybridized carbons (Fsp3) is 0.500. The molecule has 1 aliphatic rings. The Morgan fingerprint density at radius 1 is 1.42 bits per heavy atom. The Kier molecular flexibility index (Phi) is 3.80. The van der Waals surface area contributed by atoms with Gasteiger partial charge in [0.25, 0.3) is 0 Å². The zero-order valence-electron chi connectivity index (χ0n) is 10.3. The molecule has 3 unspecified atom stereocenters. The second-order valence-corrected chi connectivity index (χ2v) is 6.82. The van der Waals surface area contributed by atoms with Crippen molar-refractivity contribution in [2.24, 2.45) is 0 Å². The van der Waals surface area contributed by atoms with E-state index in [0.29, 0.717) is 5.56 Å². The van der Waals surface area contributed by atoms with Crippen LogP contribution >= 0.6 is 0 Å². The average molecular weight is 290 g/mol. The topological polar surface area (TPSA) is 83.8 Å². The molecule has 19 heavy (non-hydrogen) atoms. The number of aliphatic hydroxyl groups is 2. The molecule has 0 amide bonds. The Labute approximate surface area is 110 Å². The number of aliphatic hydroxyl groups excluding tert-OH is 2. The first-order chi connectivity index (χ1) is 8.78. The Morgan fingerprint density at radius 3 is 2.58 bits per heavy atom.